The monoisotopic (exact) mass is 341 g/mol. The maximum Gasteiger partial charge on any atom is 0.230 e. The smallest absolute Gasteiger partial charge is 0.230 e. The van der Waals surface area contributed by atoms with Crippen LogP contribution in [0.3, 0.4) is 0 Å². The summed E-state index contributed by atoms with van der Waals surface area (Å²) in [5, 5.41) is 12.4. The molecule has 2 aromatic carbocycles. The minimum atomic E-state index is -0.534. The first kappa shape index (κ1) is 17.6. The molecule has 4 heteroatoms. The van der Waals surface area contributed by atoms with Gasteiger partial charge >= 0.3 is 0 Å². The molecule has 0 saturated heterocycles. The van der Waals surface area contributed by atoms with Crippen LogP contribution in [0.2, 0.25) is 0 Å². The number of aliphatic hydroxyl groups is 1. The molecule has 1 unspecified atom stereocenters. The molecule has 0 aromatic heterocycles. The Labute approximate surface area is 147 Å². The molecule has 0 aliphatic heterocycles. The van der Waals surface area contributed by atoms with Crippen LogP contribution in [0.1, 0.15) is 42.7 Å². The molecule has 1 fully saturated rings. The summed E-state index contributed by atoms with van der Waals surface area (Å²) in [4.78, 5) is 12.9. The van der Waals surface area contributed by atoms with Gasteiger partial charge in [0, 0.05) is 19.1 Å². The number of carbonyl (C=O) groups excluding carboxylic acids is 1. The van der Waals surface area contributed by atoms with Gasteiger partial charge in [0.05, 0.1) is 5.41 Å². The minimum Gasteiger partial charge on any atom is -0.396 e. The number of hydrogen-bond donors (Lipinski definition) is 2. The standard InChI is InChI=1S/C21H24FNO2/c22-19-9-7-18(8-10-19)21(12-4-13-21)20(25)23-15-17(11-14-24)16-5-2-1-3-6-16/h1-3,5-10,17,24H,4,11-15H2,(H,23,25). The minimum absolute atomic E-state index is 0.00392. The molecule has 3 rings (SSSR count). The molecule has 132 valence electrons. The Kier molecular flexibility index (Phi) is 5.49. The second kappa shape index (κ2) is 7.79. The van der Waals surface area contributed by atoms with Crippen molar-refractivity contribution < 1.29 is 14.3 Å². The van der Waals surface area contributed by atoms with Crippen molar-refractivity contribution in [3.05, 3.63) is 71.5 Å². The molecule has 3 nitrogen and oxygen atoms in total. The lowest BCUT2D eigenvalue weighted by atomic mass is 9.63. The Bertz CT molecular complexity index is 696. The summed E-state index contributed by atoms with van der Waals surface area (Å²) >= 11 is 0. The first-order chi connectivity index (χ1) is 12.2. The number of benzene rings is 2. The van der Waals surface area contributed by atoms with E-state index in [0.717, 1.165) is 30.4 Å². The van der Waals surface area contributed by atoms with Crippen molar-refractivity contribution in [3.8, 4) is 0 Å². The topological polar surface area (TPSA) is 49.3 Å². The van der Waals surface area contributed by atoms with Crippen LogP contribution < -0.4 is 5.32 Å². The highest BCUT2D eigenvalue weighted by Gasteiger charge is 2.45. The van der Waals surface area contributed by atoms with Gasteiger partial charge in [-0.05, 0) is 42.5 Å². The van der Waals surface area contributed by atoms with Gasteiger partial charge in [-0.1, -0.05) is 48.9 Å². The van der Waals surface area contributed by atoms with Crippen molar-refractivity contribution in [2.45, 2.75) is 37.0 Å². The third-order valence-electron chi connectivity index (χ3n) is 5.30. The second-order valence-electron chi connectivity index (χ2n) is 6.77. The molecular formula is C21H24FNO2. The van der Waals surface area contributed by atoms with E-state index >= 15 is 0 Å². The zero-order valence-corrected chi connectivity index (χ0v) is 14.2. The average Bonchev–Trinajstić information content (AvgIpc) is 2.60. The first-order valence-corrected chi connectivity index (χ1v) is 8.86. The van der Waals surface area contributed by atoms with Crippen molar-refractivity contribution in [2.24, 2.45) is 0 Å². The first-order valence-electron chi connectivity index (χ1n) is 8.86. The molecule has 1 aliphatic rings. The van der Waals surface area contributed by atoms with Crippen molar-refractivity contribution >= 4 is 5.91 Å². The predicted molar refractivity (Wildman–Crippen MR) is 95.8 cm³/mol. The zero-order chi connectivity index (χ0) is 17.7. The fourth-order valence-electron chi connectivity index (χ4n) is 3.60. The molecule has 25 heavy (non-hydrogen) atoms. The highest BCUT2D eigenvalue weighted by Crippen LogP contribution is 2.44. The maximum absolute atomic E-state index is 13.2. The van der Waals surface area contributed by atoms with Gasteiger partial charge in [0.2, 0.25) is 5.91 Å². The lowest BCUT2D eigenvalue weighted by Crippen LogP contribution is -2.50. The summed E-state index contributed by atoms with van der Waals surface area (Å²) in [7, 11) is 0. The van der Waals surface area contributed by atoms with Crippen LogP contribution in [-0.2, 0) is 10.2 Å². The fourth-order valence-corrected chi connectivity index (χ4v) is 3.60. The largest absolute Gasteiger partial charge is 0.396 e. The highest BCUT2D eigenvalue weighted by molar-refractivity contribution is 5.89. The summed E-state index contributed by atoms with van der Waals surface area (Å²) in [5.41, 5.74) is 1.46. The number of amides is 1. The predicted octanol–water partition coefficient (Wildman–Crippen LogP) is 3.53. The maximum atomic E-state index is 13.2. The van der Waals surface area contributed by atoms with Crippen LogP contribution in [0.25, 0.3) is 0 Å². The van der Waals surface area contributed by atoms with E-state index in [9.17, 15) is 14.3 Å². The van der Waals surface area contributed by atoms with Crippen LogP contribution in [0.5, 0.6) is 0 Å². The van der Waals surface area contributed by atoms with Gasteiger partial charge in [0.1, 0.15) is 5.82 Å². The van der Waals surface area contributed by atoms with Crippen LogP contribution in [0, 0.1) is 5.82 Å². The van der Waals surface area contributed by atoms with E-state index in [2.05, 4.69) is 5.32 Å². The van der Waals surface area contributed by atoms with Crippen LogP contribution in [-0.4, -0.2) is 24.2 Å². The number of nitrogens with one attached hydrogen (secondary N) is 1. The van der Waals surface area contributed by atoms with E-state index in [1.54, 1.807) is 12.1 Å². The highest BCUT2D eigenvalue weighted by atomic mass is 19.1. The van der Waals surface area contributed by atoms with Crippen LogP contribution in [0.4, 0.5) is 4.39 Å². The van der Waals surface area contributed by atoms with Crippen molar-refractivity contribution in [1.29, 1.82) is 0 Å². The number of rotatable bonds is 7. The van der Waals surface area contributed by atoms with Crippen molar-refractivity contribution in [3.63, 3.8) is 0 Å². The summed E-state index contributed by atoms with van der Waals surface area (Å²) in [6.07, 6.45) is 3.19. The van der Waals surface area contributed by atoms with Gasteiger partial charge < -0.3 is 10.4 Å². The molecule has 1 atom stereocenters. The molecule has 2 aromatic rings. The Morgan fingerprint density at radius 1 is 1.12 bits per heavy atom. The number of carbonyl (C=O) groups is 1. The number of hydrogen-bond acceptors (Lipinski definition) is 2. The normalized spacial score (nSPS) is 16.7. The zero-order valence-electron chi connectivity index (χ0n) is 14.2. The molecule has 1 saturated carbocycles. The van der Waals surface area contributed by atoms with Gasteiger partial charge in [-0.2, -0.15) is 0 Å². The number of aliphatic hydroxyl groups excluding tert-OH is 1. The van der Waals surface area contributed by atoms with E-state index in [1.165, 1.54) is 12.1 Å². The van der Waals surface area contributed by atoms with E-state index in [4.69, 9.17) is 0 Å². The summed E-state index contributed by atoms with van der Waals surface area (Å²) < 4.78 is 13.2. The summed E-state index contributed by atoms with van der Waals surface area (Å²) in [6, 6.07) is 16.2. The molecule has 1 aliphatic carbocycles. The number of halogens is 1. The van der Waals surface area contributed by atoms with Crippen LogP contribution >= 0.6 is 0 Å². The Morgan fingerprint density at radius 3 is 2.36 bits per heavy atom. The quantitative estimate of drug-likeness (QED) is 0.809. The lowest BCUT2D eigenvalue weighted by Gasteiger charge is -2.41. The van der Waals surface area contributed by atoms with E-state index < -0.39 is 5.41 Å². The van der Waals surface area contributed by atoms with Crippen molar-refractivity contribution in [1.82, 2.24) is 5.32 Å². The molecule has 0 bridgehead atoms. The van der Waals surface area contributed by atoms with Gasteiger partial charge in [-0.3, -0.25) is 4.79 Å². The second-order valence-corrected chi connectivity index (χ2v) is 6.77. The molecule has 0 spiro atoms. The Morgan fingerprint density at radius 2 is 1.80 bits per heavy atom. The van der Waals surface area contributed by atoms with E-state index in [1.807, 2.05) is 30.3 Å². The average molecular weight is 341 g/mol. The molecule has 1 amide bonds. The van der Waals surface area contributed by atoms with Gasteiger partial charge in [0.25, 0.3) is 0 Å². The van der Waals surface area contributed by atoms with E-state index in [0.29, 0.717) is 13.0 Å². The summed E-state index contributed by atoms with van der Waals surface area (Å²) in [6.45, 7) is 0.574. The fraction of sp³-hybridized carbons (Fsp3) is 0.381. The molecule has 0 heterocycles. The SMILES string of the molecule is O=C(NCC(CCO)c1ccccc1)C1(c2ccc(F)cc2)CCC1. The molecule has 2 N–H and O–H groups in total. The molecular weight excluding hydrogens is 317 g/mol. The van der Waals surface area contributed by atoms with Crippen molar-refractivity contribution in [2.75, 3.05) is 13.2 Å². The Balaban J connectivity index is 1.70. The molecule has 0 radical (unpaired) electrons. The third-order valence-corrected chi connectivity index (χ3v) is 5.30. The summed E-state index contributed by atoms with van der Waals surface area (Å²) in [5.74, 6) is -0.199. The van der Waals surface area contributed by atoms with Gasteiger partial charge in [0.15, 0.2) is 0 Å². The lowest BCUT2D eigenvalue weighted by molar-refractivity contribution is -0.130. The third kappa shape index (κ3) is 3.74. The van der Waals surface area contributed by atoms with Gasteiger partial charge in [-0.25, -0.2) is 4.39 Å². The van der Waals surface area contributed by atoms with Crippen LogP contribution in [0.15, 0.2) is 54.6 Å². The van der Waals surface area contributed by atoms with Gasteiger partial charge in [-0.15, -0.1) is 0 Å². The van der Waals surface area contributed by atoms with E-state index in [-0.39, 0.29) is 24.2 Å². The Hall–Kier alpha value is -2.20.